The standard InChI is InChI=1S/C23H29N7O2/c1-25-22-27-17-12-15(14-32-3)6-8-19(17)29(22)10-4-5-11-30-20-9-7-16(21(24)31)13-18(20)28-23(30)26-2/h6-9,12-13H,4-5,10-11,14H2,1-3H3,(H2,24,31)(H,25,27)(H,26,28). The fourth-order valence-corrected chi connectivity index (χ4v) is 4.09. The summed E-state index contributed by atoms with van der Waals surface area (Å²) in [4.78, 5) is 20.8. The van der Waals surface area contributed by atoms with Gasteiger partial charge < -0.3 is 30.2 Å². The molecule has 0 aliphatic carbocycles. The zero-order chi connectivity index (χ0) is 22.7. The quantitative estimate of drug-likeness (QED) is 0.330. The van der Waals surface area contributed by atoms with Crippen molar-refractivity contribution in [1.82, 2.24) is 19.1 Å². The molecule has 9 nitrogen and oxygen atoms in total. The molecule has 0 unspecified atom stereocenters. The van der Waals surface area contributed by atoms with Crippen LogP contribution in [0.4, 0.5) is 11.9 Å². The van der Waals surface area contributed by atoms with Crippen molar-refractivity contribution < 1.29 is 9.53 Å². The monoisotopic (exact) mass is 435 g/mol. The molecular formula is C23H29N7O2. The summed E-state index contributed by atoms with van der Waals surface area (Å²) in [5.74, 6) is 1.18. The van der Waals surface area contributed by atoms with Crippen LogP contribution in [0.5, 0.6) is 0 Å². The molecule has 0 saturated heterocycles. The predicted octanol–water partition coefficient (Wildman–Crippen LogP) is 3.20. The minimum absolute atomic E-state index is 0.449. The van der Waals surface area contributed by atoms with Crippen LogP contribution in [-0.4, -0.2) is 46.2 Å². The van der Waals surface area contributed by atoms with Gasteiger partial charge in [0.1, 0.15) is 0 Å². The van der Waals surface area contributed by atoms with Crippen molar-refractivity contribution in [2.75, 3.05) is 31.8 Å². The maximum Gasteiger partial charge on any atom is 0.248 e. The number of amides is 1. The van der Waals surface area contributed by atoms with E-state index < -0.39 is 5.91 Å². The Kier molecular flexibility index (Phi) is 6.27. The van der Waals surface area contributed by atoms with Crippen LogP contribution >= 0.6 is 0 Å². The highest BCUT2D eigenvalue weighted by Crippen LogP contribution is 2.24. The Labute approximate surface area is 186 Å². The molecular weight excluding hydrogens is 406 g/mol. The van der Waals surface area contributed by atoms with Gasteiger partial charge >= 0.3 is 0 Å². The van der Waals surface area contributed by atoms with Gasteiger partial charge in [-0.25, -0.2) is 9.97 Å². The van der Waals surface area contributed by atoms with Gasteiger partial charge in [0.05, 0.1) is 28.7 Å². The highest BCUT2D eigenvalue weighted by Gasteiger charge is 2.13. The van der Waals surface area contributed by atoms with Crippen LogP contribution in [0.25, 0.3) is 22.1 Å². The number of nitrogens with zero attached hydrogens (tertiary/aromatic N) is 4. The third-order valence-electron chi connectivity index (χ3n) is 5.62. The molecule has 0 aliphatic rings. The Bertz CT molecular complexity index is 1260. The third-order valence-corrected chi connectivity index (χ3v) is 5.62. The molecule has 0 radical (unpaired) electrons. The van der Waals surface area contributed by atoms with Crippen LogP contribution in [0.15, 0.2) is 36.4 Å². The number of anilines is 2. The summed E-state index contributed by atoms with van der Waals surface area (Å²) in [6.45, 7) is 2.23. The van der Waals surface area contributed by atoms with Gasteiger partial charge in [-0.05, 0) is 48.7 Å². The number of aromatic nitrogens is 4. The molecule has 0 saturated carbocycles. The highest BCUT2D eigenvalue weighted by molar-refractivity contribution is 5.96. The second-order valence-corrected chi connectivity index (χ2v) is 7.71. The number of methoxy groups -OCH3 is 1. The van der Waals surface area contributed by atoms with Gasteiger partial charge in [-0.2, -0.15) is 0 Å². The summed E-state index contributed by atoms with van der Waals surface area (Å²) in [5.41, 5.74) is 10.8. The van der Waals surface area contributed by atoms with Gasteiger partial charge in [0.15, 0.2) is 0 Å². The van der Waals surface area contributed by atoms with E-state index in [0.717, 1.165) is 65.5 Å². The van der Waals surface area contributed by atoms with Gasteiger partial charge in [0.2, 0.25) is 17.8 Å². The number of imidazole rings is 2. The summed E-state index contributed by atoms with van der Waals surface area (Å²) >= 11 is 0. The van der Waals surface area contributed by atoms with Crippen molar-refractivity contribution in [3.63, 3.8) is 0 Å². The number of rotatable bonds is 10. The number of aryl methyl sites for hydroxylation is 2. The number of hydrogen-bond donors (Lipinski definition) is 3. The van der Waals surface area contributed by atoms with Crippen LogP contribution in [-0.2, 0) is 24.4 Å². The summed E-state index contributed by atoms with van der Waals surface area (Å²) < 4.78 is 9.60. The number of nitrogens with two attached hydrogens (primary N) is 1. The molecule has 0 aliphatic heterocycles. The van der Waals surface area contributed by atoms with Crippen LogP contribution in [0.2, 0.25) is 0 Å². The highest BCUT2D eigenvalue weighted by atomic mass is 16.5. The average Bonchev–Trinajstić information content (AvgIpc) is 3.33. The molecule has 0 bridgehead atoms. The van der Waals surface area contributed by atoms with E-state index >= 15 is 0 Å². The summed E-state index contributed by atoms with van der Waals surface area (Å²) in [7, 11) is 5.44. The van der Waals surface area contributed by atoms with Crippen molar-refractivity contribution >= 4 is 39.9 Å². The number of hydrogen-bond acceptors (Lipinski definition) is 6. The Morgan fingerprint density at radius 1 is 0.938 bits per heavy atom. The molecule has 4 rings (SSSR count). The Hall–Kier alpha value is -3.59. The van der Waals surface area contributed by atoms with Crippen molar-refractivity contribution in [3.8, 4) is 0 Å². The molecule has 168 valence electrons. The van der Waals surface area contributed by atoms with Crippen molar-refractivity contribution in [1.29, 1.82) is 0 Å². The second-order valence-electron chi connectivity index (χ2n) is 7.71. The third kappa shape index (κ3) is 4.11. The van der Waals surface area contributed by atoms with Crippen molar-refractivity contribution in [2.45, 2.75) is 32.5 Å². The number of ether oxygens (including phenoxy) is 1. The van der Waals surface area contributed by atoms with Gasteiger partial charge in [-0.3, -0.25) is 4.79 Å². The molecule has 0 atom stereocenters. The maximum atomic E-state index is 11.5. The first-order valence-electron chi connectivity index (χ1n) is 10.7. The van der Waals surface area contributed by atoms with E-state index in [1.165, 1.54) is 0 Å². The maximum absolute atomic E-state index is 11.5. The summed E-state index contributed by atoms with van der Waals surface area (Å²) in [6.07, 6.45) is 1.93. The summed E-state index contributed by atoms with van der Waals surface area (Å²) in [6, 6.07) is 11.7. The number of carbonyl (C=O) groups is 1. The lowest BCUT2D eigenvalue weighted by atomic mass is 10.2. The van der Waals surface area contributed by atoms with E-state index in [1.54, 1.807) is 19.2 Å². The van der Waals surface area contributed by atoms with Gasteiger partial charge in [-0.15, -0.1) is 0 Å². The Balaban J connectivity index is 1.49. The zero-order valence-electron chi connectivity index (χ0n) is 18.7. The van der Waals surface area contributed by atoms with Crippen LogP contribution < -0.4 is 16.4 Å². The van der Waals surface area contributed by atoms with E-state index in [1.807, 2.05) is 20.2 Å². The lowest BCUT2D eigenvalue weighted by molar-refractivity contribution is 0.100. The second kappa shape index (κ2) is 9.27. The first-order valence-corrected chi connectivity index (χ1v) is 10.7. The van der Waals surface area contributed by atoms with E-state index in [9.17, 15) is 4.79 Å². The van der Waals surface area contributed by atoms with Gasteiger partial charge in [0.25, 0.3) is 0 Å². The minimum Gasteiger partial charge on any atom is -0.380 e. The van der Waals surface area contributed by atoms with E-state index in [0.29, 0.717) is 12.2 Å². The topological polar surface area (TPSA) is 112 Å². The number of nitrogens with one attached hydrogen (secondary N) is 2. The molecule has 9 heteroatoms. The number of benzene rings is 2. The molecule has 4 N–H and O–H groups in total. The molecule has 2 heterocycles. The Morgan fingerprint density at radius 3 is 2.03 bits per heavy atom. The first kappa shape index (κ1) is 21.6. The normalized spacial score (nSPS) is 11.3. The van der Waals surface area contributed by atoms with E-state index in [-0.39, 0.29) is 0 Å². The fourth-order valence-electron chi connectivity index (χ4n) is 4.09. The van der Waals surface area contributed by atoms with Gasteiger partial charge in [-0.1, -0.05) is 6.07 Å². The zero-order valence-corrected chi connectivity index (χ0v) is 18.7. The lowest BCUT2D eigenvalue weighted by Crippen LogP contribution is -2.10. The number of unbranched alkanes of at least 4 members (excludes halogenated alkanes) is 1. The van der Waals surface area contributed by atoms with Crippen LogP contribution in [0, 0.1) is 0 Å². The number of primary amides is 1. The van der Waals surface area contributed by atoms with Crippen molar-refractivity contribution in [2.24, 2.45) is 5.73 Å². The Morgan fingerprint density at radius 2 is 1.50 bits per heavy atom. The molecule has 4 aromatic rings. The predicted molar refractivity (Wildman–Crippen MR) is 127 cm³/mol. The largest absolute Gasteiger partial charge is 0.380 e. The SMILES string of the molecule is CNc1nc2cc(COC)ccc2n1CCCCn1c(NC)nc2cc(C(N)=O)ccc21. The summed E-state index contributed by atoms with van der Waals surface area (Å²) in [5, 5.41) is 6.35. The number of fused-ring (bicyclic) bond motifs is 2. The van der Waals surface area contributed by atoms with Crippen molar-refractivity contribution in [3.05, 3.63) is 47.5 Å². The van der Waals surface area contributed by atoms with E-state index in [2.05, 4.69) is 43.0 Å². The molecule has 32 heavy (non-hydrogen) atoms. The van der Waals surface area contributed by atoms with Gasteiger partial charge in [0, 0.05) is 39.9 Å². The molecule has 0 spiro atoms. The first-order chi connectivity index (χ1) is 15.5. The molecule has 2 aromatic heterocycles. The van der Waals surface area contributed by atoms with E-state index in [4.69, 9.17) is 15.5 Å². The smallest absolute Gasteiger partial charge is 0.248 e. The average molecular weight is 436 g/mol. The molecule has 0 fully saturated rings. The lowest BCUT2D eigenvalue weighted by Gasteiger charge is -2.11. The van der Waals surface area contributed by atoms with Crippen LogP contribution in [0.1, 0.15) is 28.8 Å². The molecule has 1 amide bonds. The van der Waals surface area contributed by atoms with Crippen LogP contribution in [0.3, 0.4) is 0 Å². The minimum atomic E-state index is -0.449. The molecule has 2 aromatic carbocycles. The number of carbonyl (C=O) groups excluding carboxylic acids is 1. The fraction of sp³-hybridized carbons (Fsp3) is 0.348.